The zero-order chi connectivity index (χ0) is 25.9. The maximum absolute atomic E-state index is 13.3. The van der Waals surface area contributed by atoms with E-state index in [1.807, 2.05) is 10.7 Å². The Morgan fingerprint density at radius 3 is 2.57 bits per heavy atom. The van der Waals surface area contributed by atoms with Gasteiger partial charge in [-0.3, -0.25) is 24.3 Å². The lowest BCUT2D eigenvalue weighted by Crippen LogP contribution is -2.57. The Hall–Kier alpha value is -2.62. The van der Waals surface area contributed by atoms with Gasteiger partial charge in [-0.15, -0.1) is 0 Å². The summed E-state index contributed by atoms with van der Waals surface area (Å²) < 4.78 is 3.45. The fraction of sp³-hybridized carbons (Fsp3) is 0.480. The molecule has 1 N–H and O–H groups in total. The zero-order valence-corrected chi connectivity index (χ0v) is 22.1. The molecule has 7 rings (SSSR count). The summed E-state index contributed by atoms with van der Waals surface area (Å²) >= 11 is 18.7. The smallest absolute Gasteiger partial charge is 0.307 e. The molecule has 0 saturated heterocycles. The van der Waals surface area contributed by atoms with Crippen molar-refractivity contribution in [1.82, 2.24) is 19.6 Å². The van der Waals surface area contributed by atoms with Crippen LogP contribution in [0.3, 0.4) is 0 Å². The Morgan fingerprint density at radius 1 is 1.14 bits per heavy atom. The quantitative estimate of drug-likeness (QED) is 0.267. The molecule has 0 radical (unpaired) electrons. The van der Waals surface area contributed by atoms with E-state index >= 15 is 0 Å². The minimum atomic E-state index is -0.406. The number of nitrogens with zero attached hydrogens (tertiary/aromatic N) is 5. The van der Waals surface area contributed by atoms with E-state index in [4.69, 9.17) is 34.8 Å². The number of benzene rings is 1. The molecule has 9 nitrogen and oxygen atoms in total. The van der Waals surface area contributed by atoms with Crippen LogP contribution in [0.1, 0.15) is 50.5 Å². The highest BCUT2D eigenvalue weighted by Crippen LogP contribution is 2.65. The van der Waals surface area contributed by atoms with Gasteiger partial charge in [0.2, 0.25) is 5.91 Å². The summed E-state index contributed by atoms with van der Waals surface area (Å²) in [7, 11) is 0. The molecular formula is C25H25Cl3N6O3. The zero-order valence-electron chi connectivity index (χ0n) is 19.9. The summed E-state index contributed by atoms with van der Waals surface area (Å²) in [5.41, 5.74) is 0.407. The van der Waals surface area contributed by atoms with Crippen LogP contribution in [0.15, 0.2) is 36.8 Å². The number of hydrogen-bond acceptors (Lipinski definition) is 5. The highest BCUT2D eigenvalue weighted by Gasteiger charge is 2.59. The van der Waals surface area contributed by atoms with Crippen molar-refractivity contribution >= 4 is 52.2 Å². The van der Waals surface area contributed by atoms with Gasteiger partial charge in [-0.2, -0.15) is 10.2 Å². The van der Waals surface area contributed by atoms with Crippen LogP contribution in [0, 0.1) is 27.4 Å². The maximum Gasteiger partial charge on any atom is 0.307 e. The molecule has 4 aliphatic carbocycles. The number of nitro groups is 1. The number of rotatable bonds is 7. The minimum Gasteiger partial charge on any atom is -0.308 e. The molecule has 4 fully saturated rings. The highest BCUT2D eigenvalue weighted by atomic mass is 35.5. The molecule has 2 unspecified atom stereocenters. The van der Waals surface area contributed by atoms with Gasteiger partial charge in [-0.25, -0.2) is 0 Å². The molecule has 2 heterocycles. The summed E-state index contributed by atoms with van der Waals surface area (Å²) in [6.07, 6.45) is 10.7. The Balaban J connectivity index is 1.18. The maximum atomic E-state index is 13.3. The fourth-order valence-electron chi connectivity index (χ4n) is 7.45. The number of carbonyl (C=O) groups is 1. The van der Waals surface area contributed by atoms with Crippen molar-refractivity contribution in [3.63, 3.8) is 0 Å². The first-order chi connectivity index (χ1) is 17.6. The third-order valence-electron chi connectivity index (χ3n) is 8.28. The molecule has 194 valence electrons. The van der Waals surface area contributed by atoms with Crippen LogP contribution in [0.25, 0.3) is 0 Å². The van der Waals surface area contributed by atoms with Gasteiger partial charge in [0.25, 0.3) is 0 Å². The molecule has 1 aromatic carbocycles. The lowest BCUT2D eigenvalue weighted by molar-refractivity contribution is -0.385. The Bertz CT molecular complexity index is 1390. The van der Waals surface area contributed by atoms with E-state index in [0.29, 0.717) is 45.7 Å². The van der Waals surface area contributed by atoms with Crippen molar-refractivity contribution in [2.75, 3.05) is 5.32 Å². The second-order valence-electron chi connectivity index (χ2n) is 11.1. The molecule has 0 spiro atoms. The number of anilines is 1. The SMILES string of the molecule is O=C(CC12CC3CC(C1)CC(n1cc([N+](=O)[O-])cn1)(C3)C2)Nc1nn(Cc2ccc(Cl)cc2Cl)cc1Cl. The van der Waals surface area contributed by atoms with Crippen molar-refractivity contribution < 1.29 is 9.72 Å². The van der Waals surface area contributed by atoms with Crippen LogP contribution in [0.5, 0.6) is 0 Å². The topological polar surface area (TPSA) is 108 Å². The Morgan fingerprint density at radius 2 is 1.89 bits per heavy atom. The average Bonchev–Trinajstić information content (AvgIpc) is 3.42. The van der Waals surface area contributed by atoms with Crippen LogP contribution in [0.4, 0.5) is 11.5 Å². The third kappa shape index (κ3) is 4.62. The first-order valence-electron chi connectivity index (χ1n) is 12.3. The molecule has 2 aromatic heterocycles. The number of carbonyl (C=O) groups excluding carboxylic acids is 1. The van der Waals surface area contributed by atoms with E-state index in [-0.39, 0.29) is 22.5 Å². The van der Waals surface area contributed by atoms with Gasteiger partial charge in [-0.05, 0) is 73.5 Å². The molecule has 4 saturated carbocycles. The Kier molecular flexibility index (Phi) is 6.00. The monoisotopic (exact) mass is 562 g/mol. The third-order valence-corrected chi connectivity index (χ3v) is 9.14. The molecule has 12 heteroatoms. The van der Waals surface area contributed by atoms with Gasteiger partial charge in [0.05, 0.1) is 17.0 Å². The van der Waals surface area contributed by atoms with Crippen molar-refractivity contribution in [1.29, 1.82) is 0 Å². The number of amides is 1. The largest absolute Gasteiger partial charge is 0.308 e. The number of aromatic nitrogens is 4. The van der Waals surface area contributed by atoms with Gasteiger partial charge in [-0.1, -0.05) is 40.9 Å². The standard InChI is InChI=1S/C25H25Cl3N6O3/c26-18-2-1-17(20(27)4-18)11-32-13-21(28)23(31-32)30-22(35)9-24-5-15-3-16(6-24)8-25(7-15,14-24)33-12-19(10-29-33)34(36)37/h1-2,4,10,12-13,15-16H,3,5-9,11,14H2,(H,30,31,35). The van der Waals surface area contributed by atoms with Crippen LogP contribution < -0.4 is 5.32 Å². The lowest BCUT2D eigenvalue weighted by atomic mass is 9.46. The molecule has 37 heavy (non-hydrogen) atoms. The molecule has 2 atom stereocenters. The van der Waals surface area contributed by atoms with Gasteiger partial charge in [0, 0.05) is 22.7 Å². The second-order valence-corrected chi connectivity index (χ2v) is 12.3. The highest BCUT2D eigenvalue weighted by molar-refractivity contribution is 6.35. The van der Waals surface area contributed by atoms with E-state index in [0.717, 1.165) is 44.1 Å². The molecule has 1 amide bonds. The summed E-state index contributed by atoms with van der Waals surface area (Å²) in [5, 5.41) is 24.5. The first kappa shape index (κ1) is 24.7. The molecular weight excluding hydrogens is 539 g/mol. The van der Waals surface area contributed by atoms with Gasteiger partial charge in [0.15, 0.2) is 5.82 Å². The van der Waals surface area contributed by atoms with Crippen LogP contribution in [-0.4, -0.2) is 30.4 Å². The van der Waals surface area contributed by atoms with E-state index in [9.17, 15) is 14.9 Å². The number of nitrogens with one attached hydrogen (secondary N) is 1. The summed E-state index contributed by atoms with van der Waals surface area (Å²) in [4.78, 5) is 24.1. The Labute approximate surface area is 228 Å². The first-order valence-corrected chi connectivity index (χ1v) is 13.4. The summed E-state index contributed by atoms with van der Waals surface area (Å²) in [6.45, 7) is 0.386. The minimum absolute atomic E-state index is 0.00709. The molecule has 4 aliphatic rings. The van der Waals surface area contributed by atoms with Gasteiger partial charge < -0.3 is 5.32 Å². The van der Waals surface area contributed by atoms with Crippen molar-refractivity contribution in [3.05, 3.63) is 67.5 Å². The van der Waals surface area contributed by atoms with E-state index in [1.165, 1.54) is 6.20 Å². The van der Waals surface area contributed by atoms with Crippen LogP contribution >= 0.6 is 34.8 Å². The molecule has 4 bridgehead atoms. The van der Waals surface area contributed by atoms with Gasteiger partial charge >= 0.3 is 5.69 Å². The molecule has 0 aliphatic heterocycles. The summed E-state index contributed by atoms with van der Waals surface area (Å²) in [6, 6.07) is 5.26. The lowest BCUT2D eigenvalue weighted by Gasteiger charge is -2.61. The van der Waals surface area contributed by atoms with Crippen molar-refractivity contribution in [2.24, 2.45) is 17.3 Å². The predicted molar refractivity (Wildman–Crippen MR) is 140 cm³/mol. The van der Waals surface area contributed by atoms with E-state index in [2.05, 4.69) is 15.5 Å². The van der Waals surface area contributed by atoms with Crippen LogP contribution in [0.2, 0.25) is 15.1 Å². The van der Waals surface area contributed by atoms with Crippen molar-refractivity contribution in [3.8, 4) is 0 Å². The number of halogens is 3. The second kappa shape index (κ2) is 8.99. The normalized spacial score (nSPS) is 28.0. The predicted octanol–water partition coefficient (Wildman–Crippen LogP) is 6.32. The fourth-order valence-corrected chi connectivity index (χ4v) is 8.11. The summed E-state index contributed by atoms with van der Waals surface area (Å²) in [5.74, 6) is 1.17. The average molecular weight is 564 g/mol. The number of hydrogen-bond donors (Lipinski definition) is 1. The van der Waals surface area contributed by atoms with Gasteiger partial charge in [0.1, 0.15) is 17.4 Å². The van der Waals surface area contributed by atoms with Crippen molar-refractivity contribution in [2.45, 2.75) is 57.0 Å². The van der Waals surface area contributed by atoms with Crippen LogP contribution in [-0.2, 0) is 16.9 Å². The molecule has 3 aromatic rings. The van der Waals surface area contributed by atoms with E-state index in [1.54, 1.807) is 29.2 Å². The van der Waals surface area contributed by atoms with E-state index < -0.39 is 4.92 Å².